The minimum Gasteiger partial charge on any atom is -0.493 e. The molecule has 2 heterocycles. The number of methoxy groups -OCH3 is 1. The van der Waals surface area contributed by atoms with Gasteiger partial charge in [0.15, 0.2) is 18.1 Å². The molecule has 0 aliphatic carbocycles. The molecule has 0 spiro atoms. The molecule has 0 unspecified atom stereocenters. The van der Waals surface area contributed by atoms with Crippen LogP contribution in [0.2, 0.25) is 0 Å². The van der Waals surface area contributed by atoms with Crippen molar-refractivity contribution in [1.82, 2.24) is 10.1 Å². The van der Waals surface area contributed by atoms with Gasteiger partial charge in [-0.3, -0.25) is 0 Å². The van der Waals surface area contributed by atoms with Crippen molar-refractivity contribution in [3.05, 3.63) is 48.2 Å². The second-order valence-electron chi connectivity index (χ2n) is 4.84. The summed E-state index contributed by atoms with van der Waals surface area (Å²) in [7, 11) is 1.31. The molecular weight excluding hydrogens is 354 g/mol. The number of carbonyl (C=O) groups excluding carboxylic acids is 1. The molecule has 8 nitrogen and oxygen atoms in total. The lowest BCUT2D eigenvalue weighted by Gasteiger charge is -2.10. The molecule has 0 aliphatic rings. The van der Waals surface area contributed by atoms with Gasteiger partial charge in [0.05, 0.1) is 18.9 Å². The summed E-state index contributed by atoms with van der Waals surface area (Å²) in [5, 5.41) is 3.75. The minimum absolute atomic E-state index is 0.0590. The number of alkyl halides is 2. The number of hydrogen-bond donors (Lipinski definition) is 0. The molecule has 26 heavy (non-hydrogen) atoms. The lowest BCUT2D eigenvalue weighted by molar-refractivity contribution is -0.0512. The van der Waals surface area contributed by atoms with Crippen molar-refractivity contribution in [2.24, 2.45) is 0 Å². The van der Waals surface area contributed by atoms with E-state index in [0.717, 1.165) is 0 Å². The molecule has 0 radical (unpaired) electrons. The molecule has 0 fully saturated rings. The van der Waals surface area contributed by atoms with E-state index in [-0.39, 0.29) is 35.4 Å². The number of aromatic nitrogens is 2. The van der Waals surface area contributed by atoms with Gasteiger partial charge in [-0.25, -0.2) is 4.79 Å². The van der Waals surface area contributed by atoms with Crippen LogP contribution in [0, 0.1) is 0 Å². The Morgan fingerprint density at radius 3 is 2.81 bits per heavy atom. The van der Waals surface area contributed by atoms with Crippen LogP contribution in [-0.2, 0) is 11.3 Å². The normalized spacial score (nSPS) is 10.8. The number of ether oxygens (including phenoxy) is 3. The molecular formula is C16H12F2N2O6. The van der Waals surface area contributed by atoms with E-state index in [9.17, 15) is 13.6 Å². The molecule has 0 amide bonds. The van der Waals surface area contributed by atoms with Gasteiger partial charge in [-0.1, -0.05) is 5.16 Å². The third kappa shape index (κ3) is 3.97. The van der Waals surface area contributed by atoms with Gasteiger partial charge in [0.1, 0.15) is 6.26 Å². The van der Waals surface area contributed by atoms with Gasteiger partial charge in [0.25, 0.3) is 5.89 Å². The summed E-state index contributed by atoms with van der Waals surface area (Å²) in [5.74, 6) is -0.414. The first-order valence-electron chi connectivity index (χ1n) is 7.22. The van der Waals surface area contributed by atoms with Crippen molar-refractivity contribution >= 4 is 5.97 Å². The second-order valence-corrected chi connectivity index (χ2v) is 4.84. The largest absolute Gasteiger partial charge is 0.493 e. The Morgan fingerprint density at radius 1 is 1.27 bits per heavy atom. The van der Waals surface area contributed by atoms with Crippen LogP contribution in [0.15, 0.2) is 45.7 Å². The van der Waals surface area contributed by atoms with Gasteiger partial charge >= 0.3 is 12.6 Å². The van der Waals surface area contributed by atoms with Crippen molar-refractivity contribution < 1.29 is 36.7 Å². The number of nitrogens with zero attached hydrogens (tertiary/aromatic N) is 2. The number of benzene rings is 1. The molecule has 136 valence electrons. The van der Waals surface area contributed by atoms with Crippen LogP contribution in [-0.4, -0.2) is 29.8 Å². The maximum absolute atomic E-state index is 12.4. The fourth-order valence-electron chi connectivity index (χ4n) is 2.02. The molecule has 0 saturated carbocycles. The number of furan rings is 1. The monoisotopic (exact) mass is 366 g/mol. The van der Waals surface area contributed by atoms with E-state index in [2.05, 4.69) is 14.9 Å². The van der Waals surface area contributed by atoms with Crippen LogP contribution < -0.4 is 9.47 Å². The van der Waals surface area contributed by atoms with Crippen molar-refractivity contribution in [2.45, 2.75) is 13.2 Å². The summed E-state index contributed by atoms with van der Waals surface area (Å²) in [6.45, 7) is -3.21. The zero-order chi connectivity index (χ0) is 18.5. The third-order valence-electron chi connectivity index (χ3n) is 3.19. The molecule has 3 aromatic rings. The van der Waals surface area contributed by atoms with Crippen molar-refractivity contribution in [3.63, 3.8) is 0 Å². The number of rotatable bonds is 7. The van der Waals surface area contributed by atoms with Crippen LogP contribution in [0.25, 0.3) is 11.4 Å². The highest BCUT2D eigenvalue weighted by Crippen LogP contribution is 2.32. The first kappa shape index (κ1) is 17.4. The number of esters is 1. The van der Waals surface area contributed by atoms with Crippen LogP contribution in [0.5, 0.6) is 11.5 Å². The smallest absolute Gasteiger partial charge is 0.387 e. The summed E-state index contributed by atoms with van der Waals surface area (Å²) in [6, 6.07) is 5.64. The first-order valence-corrected chi connectivity index (χ1v) is 7.22. The zero-order valence-corrected chi connectivity index (χ0v) is 13.3. The van der Waals surface area contributed by atoms with E-state index in [1.807, 2.05) is 0 Å². The Kier molecular flexibility index (Phi) is 5.11. The van der Waals surface area contributed by atoms with E-state index in [0.29, 0.717) is 5.56 Å². The van der Waals surface area contributed by atoms with E-state index in [4.69, 9.17) is 18.4 Å². The van der Waals surface area contributed by atoms with Gasteiger partial charge in [-0.2, -0.15) is 13.8 Å². The van der Waals surface area contributed by atoms with Crippen molar-refractivity contribution in [2.75, 3.05) is 7.11 Å². The van der Waals surface area contributed by atoms with Crippen LogP contribution in [0.3, 0.4) is 0 Å². The van der Waals surface area contributed by atoms with E-state index >= 15 is 0 Å². The summed E-state index contributed by atoms with van der Waals surface area (Å²) < 4.78 is 48.9. The lowest BCUT2D eigenvalue weighted by atomic mass is 10.2. The van der Waals surface area contributed by atoms with Crippen molar-refractivity contribution in [1.29, 1.82) is 0 Å². The number of halogens is 2. The van der Waals surface area contributed by atoms with Gasteiger partial charge in [0.2, 0.25) is 5.82 Å². The van der Waals surface area contributed by atoms with Crippen LogP contribution in [0.4, 0.5) is 8.78 Å². The summed E-state index contributed by atoms with van der Waals surface area (Å²) in [6.07, 6.45) is 2.59. The maximum atomic E-state index is 12.4. The van der Waals surface area contributed by atoms with E-state index < -0.39 is 12.6 Å². The summed E-state index contributed by atoms with van der Waals surface area (Å²) in [4.78, 5) is 15.8. The first-order chi connectivity index (χ1) is 12.6. The van der Waals surface area contributed by atoms with Gasteiger partial charge in [-0.15, -0.1) is 0 Å². The summed E-state index contributed by atoms with van der Waals surface area (Å²) in [5.41, 5.74) is 0.698. The molecule has 2 aromatic heterocycles. The predicted octanol–water partition coefficient (Wildman–Crippen LogP) is 3.30. The average molecular weight is 366 g/mol. The highest BCUT2D eigenvalue weighted by molar-refractivity contribution is 5.88. The average Bonchev–Trinajstić information content (AvgIpc) is 3.31. The zero-order valence-electron chi connectivity index (χ0n) is 13.3. The Labute approximate surface area is 145 Å². The Bertz CT molecular complexity index is 879. The molecule has 10 heteroatoms. The molecule has 0 bridgehead atoms. The molecule has 0 atom stereocenters. The molecule has 1 aromatic carbocycles. The Morgan fingerprint density at radius 2 is 2.12 bits per heavy atom. The predicted molar refractivity (Wildman–Crippen MR) is 80.7 cm³/mol. The second kappa shape index (κ2) is 7.64. The molecule has 0 aliphatic heterocycles. The summed E-state index contributed by atoms with van der Waals surface area (Å²) >= 11 is 0. The number of hydrogen-bond acceptors (Lipinski definition) is 8. The van der Waals surface area contributed by atoms with E-state index in [1.165, 1.54) is 43.9 Å². The van der Waals surface area contributed by atoms with Gasteiger partial charge in [0, 0.05) is 5.56 Å². The fraction of sp³-hybridized carbons (Fsp3) is 0.188. The van der Waals surface area contributed by atoms with Gasteiger partial charge in [-0.05, 0) is 24.3 Å². The maximum Gasteiger partial charge on any atom is 0.387 e. The standard InChI is InChI=1S/C16H12F2N2O6/c1-22-12-6-9(2-3-11(12)25-16(17)18)14-19-13(26-20-14)8-24-15(21)10-4-5-23-7-10/h2-7,16H,8H2,1H3. The number of carbonyl (C=O) groups is 1. The Balaban J connectivity index is 1.70. The minimum atomic E-state index is -2.98. The van der Waals surface area contributed by atoms with Crippen LogP contribution >= 0.6 is 0 Å². The molecule has 3 rings (SSSR count). The van der Waals surface area contributed by atoms with E-state index in [1.54, 1.807) is 0 Å². The van der Waals surface area contributed by atoms with Crippen molar-refractivity contribution in [3.8, 4) is 22.9 Å². The fourth-order valence-corrected chi connectivity index (χ4v) is 2.02. The SMILES string of the molecule is COc1cc(-c2noc(COC(=O)c3ccoc3)n2)ccc1OC(F)F. The quantitative estimate of drug-likeness (QED) is 0.588. The van der Waals surface area contributed by atoms with Crippen LogP contribution in [0.1, 0.15) is 16.2 Å². The third-order valence-corrected chi connectivity index (χ3v) is 3.19. The molecule has 0 N–H and O–H groups in total. The molecule has 0 saturated heterocycles. The topological polar surface area (TPSA) is 96.8 Å². The highest BCUT2D eigenvalue weighted by Gasteiger charge is 2.16. The lowest BCUT2D eigenvalue weighted by Crippen LogP contribution is -2.04. The highest BCUT2D eigenvalue weighted by atomic mass is 19.3. The van der Waals surface area contributed by atoms with Gasteiger partial charge < -0.3 is 23.2 Å². The Hall–Kier alpha value is -3.43.